The van der Waals surface area contributed by atoms with E-state index in [1.54, 1.807) is 6.26 Å². The molecule has 24 heavy (non-hydrogen) atoms. The van der Waals surface area contributed by atoms with Gasteiger partial charge in [0.15, 0.2) is 5.96 Å². The number of benzene rings is 1. The number of hydrogen-bond acceptors (Lipinski definition) is 3. The highest BCUT2D eigenvalue weighted by molar-refractivity contribution is 5.84. The van der Waals surface area contributed by atoms with Gasteiger partial charge in [0.1, 0.15) is 12.3 Å². The molecule has 0 spiro atoms. The first-order chi connectivity index (χ1) is 11.8. The largest absolute Gasteiger partial charge is 0.469 e. The van der Waals surface area contributed by atoms with Crippen LogP contribution >= 0.6 is 0 Å². The highest BCUT2D eigenvalue weighted by atomic mass is 16.3. The van der Waals surface area contributed by atoms with E-state index in [-0.39, 0.29) is 12.5 Å². The van der Waals surface area contributed by atoms with Gasteiger partial charge in [-0.25, -0.2) is 4.99 Å². The predicted molar refractivity (Wildman–Crippen MR) is 94.7 cm³/mol. The fourth-order valence-corrected chi connectivity index (χ4v) is 2.10. The Bertz CT molecular complexity index is 624. The molecule has 0 aliphatic carbocycles. The van der Waals surface area contributed by atoms with Crippen LogP contribution in [0.5, 0.6) is 0 Å². The molecule has 0 unspecified atom stereocenters. The SMILES string of the molecule is CCNC(=NCC(=O)NCc1ccccc1)NCCc1ccco1. The molecule has 0 aliphatic rings. The highest BCUT2D eigenvalue weighted by Gasteiger charge is 2.03. The third-order valence-electron chi connectivity index (χ3n) is 3.30. The molecule has 0 bridgehead atoms. The number of rotatable bonds is 8. The second-order valence-corrected chi connectivity index (χ2v) is 5.21. The number of carbonyl (C=O) groups is 1. The van der Waals surface area contributed by atoms with Crippen LogP contribution in [0, 0.1) is 0 Å². The van der Waals surface area contributed by atoms with E-state index in [1.165, 1.54) is 0 Å². The van der Waals surface area contributed by atoms with E-state index in [2.05, 4.69) is 20.9 Å². The molecular formula is C18H24N4O2. The van der Waals surface area contributed by atoms with Gasteiger partial charge in [0.05, 0.1) is 6.26 Å². The minimum Gasteiger partial charge on any atom is -0.469 e. The Balaban J connectivity index is 1.73. The first kappa shape index (κ1) is 17.6. The second-order valence-electron chi connectivity index (χ2n) is 5.21. The average Bonchev–Trinajstić information content (AvgIpc) is 3.12. The summed E-state index contributed by atoms with van der Waals surface area (Å²) >= 11 is 0. The first-order valence-electron chi connectivity index (χ1n) is 8.13. The van der Waals surface area contributed by atoms with Gasteiger partial charge < -0.3 is 20.4 Å². The molecule has 1 amide bonds. The van der Waals surface area contributed by atoms with Gasteiger partial charge in [-0.05, 0) is 24.6 Å². The van der Waals surface area contributed by atoms with Crippen molar-refractivity contribution < 1.29 is 9.21 Å². The van der Waals surface area contributed by atoms with E-state index in [9.17, 15) is 4.79 Å². The van der Waals surface area contributed by atoms with E-state index in [4.69, 9.17) is 4.42 Å². The van der Waals surface area contributed by atoms with Crippen molar-refractivity contribution in [2.75, 3.05) is 19.6 Å². The Hall–Kier alpha value is -2.76. The summed E-state index contributed by atoms with van der Waals surface area (Å²) in [4.78, 5) is 16.2. The zero-order chi connectivity index (χ0) is 17.0. The van der Waals surface area contributed by atoms with Gasteiger partial charge in [-0.3, -0.25) is 4.79 Å². The topological polar surface area (TPSA) is 78.7 Å². The maximum atomic E-state index is 11.9. The maximum Gasteiger partial charge on any atom is 0.242 e. The summed E-state index contributed by atoms with van der Waals surface area (Å²) in [5.41, 5.74) is 1.07. The summed E-state index contributed by atoms with van der Waals surface area (Å²) in [5.74, 6) is 1.43. The zero-order valence-electron chi connectivity index (χ0n) is 13.9. The summed E-state index contributed by atoms with van der Waals surface area (Å²) in [5, 5.41) is 9.17. The quantitative estimate of drug-likeness (QED) is 0.509. The molecular weight excluding hydrogens is 304 g/mol. The Morgan fingerprint density at radius 2 is 1.92 bits per heavy atom. The minimum atomic E-state index is -0.109. The van der Waals surface area contributed by atoms with Crippen LogP contribution in [-0.2, 0) is 17.8 Å². The summed E-state index contributed by atoms with van der Waals surface area (Å²) in [6.07, 6.45) is 2.42. The van der Waals surface area contributed by atoms with E-state index in [1.807, 2.05) is 49.4 Å². The third-order valence-corrected chi connectivity index (χ3v) is 3.30. The number of nitrogens with zero attached hydrogens (tertiary/aromatic N) is 1. The van der Waals surface area contributed by atoms with Crippen LogP contribution in [0.25, 0.3) is 0 Å². The standard InChI is InChI=1S/C18H24N4O2/c1-2-19-18(20-11-10-16-9-6-12-24-16)22-14-17(23)21-13-15-7-4-3-5-8-15/h3-9,12H,2,10-11,13-14H2,1H3,(H,21,23)(H2,19,20,22). The fourth-order valence-electron chi connectivity index (χ4n) is 2.10. The summed E-state index contributed by atoms with van der Waals surface area (Å²) in [6.45, 7) is 4.00. The van der Waals surface area contributed by atoms with Crippen molar-refractivity contribution in [1.82, 2.24) is 16.0 Å². The molecule has 1 aromatic carbocycles. The normalized spacial score (nSPS) is 11.1. The van der Waals surface area contributed by atoms with Crippen molar-refractivity contribution in [2.24, 2.45) is 4.99 Å². The van der Waals surface area contributed by atoms with Crippen LogP contribution in [0.2, 0.25) is 0 Å². The van der Waals surface area contributed by atoms with Crippen LogP contribution in [-0.4, -0.2) is 31.5 Å². The number of hydrogen-bond donors (Lipinski definition) is 3. The molecule has 6 nitrogen and oxygen atoms in total. The molecule has 1 aromatic heterocycles. The Kier molecular flexibility index (Phi) is 7.40. The molecule has 6 heteroatoms. The van der Waals surface area contributed by atoms with Crippen LogP contribution in [0.4, 0.5) is 0 Å². The Morgan fingerprint density at radius 3 is 2.62 bits per heavy atom. The predicted octanol–water partition coefficient (Wildman–Crippen LogP) is 1.69. The van der Waals surface area contributed by atoms with Crippen LogP contribution < -0.4 is 16.0 Å². The maximum absolute atomic E-state index is 11.9. The highest BCUT2D eigenvalue weighted by Crippen LogP contribution is 1.99. The molecule has 0 aliphatic heterocycles. The van der Waals surface area contributed by atoms with Gasteiger partial charge >= 0.3 is 0 Å². The van der Waals surface area contributed by atoms with E-state index in [0.29, 0.717) is 19.0 Å². The van der Waals surface area contributed by atoms with Crippen LogP contribution in [0.1, 0.15) is 18.2 Å². The monoisotopic (exact) mass is 328 g/mol. The number of guanidine groups is 1. The molecule has 2 rings (SSSR count). The van der Waals surface area contributed by atoms with Gasteiger partial charge in [-0.1, -0.05) is 30.3 Å². The van der Waals surface area contributed by atoms with Gasteiger partial charge in [0.2, 0.25) is 5.91 Å². The van der Waals surface area contributed by atoms with Crippen LogP contribution in [0.3, 0.4) is 0 Å². The zero-order valence-corrected chi connectivity index (χ0v) is 13.9. The molecule has 128 valence electrons. The second kappa shape index (κ2) is 10.1. The van der Waals surface area contributed by atoms with E-state index in [0.717, 1.165) is 24.3 Å². The average molecular weight is 328 g/mol. The molecule has 0 saturated heterocycles. The number of furan rings is 1. The van der Waals surface area contributed by atoms with Crippen LogP contribution in [0.15, 0.2) is 58.1 Å². The van der Waals surface area contributed by atoms with Gasteiger partial charge in [-0.2, -0.15) is 0 Å². The molecule has 3 N–H and O–H groups in total. The number of carbonyl (C=O) groups excluding carboxylic acids is 1. The molecule has 1 heterocycles. The molecule has 0 atom stereocenters. The lowest BCUT2D eigenvalue weighted by Crippen LogP contribution is -2.39. The Morgan fingerprint density at radius 1 is 1.08 bits per heavy atom. The first-order valence-corrected chi connectivity index (χ1v) is 8.13. The Labute approximate surface area is 142 Å². The minimum absolute atomic E-state index is 0.0862. The summed E-state index contributed by atoms with van der Waals surface area (Å²) < 4.78 is 5.28. The number of amides is 1. The fraction of sp³-hybridized carbons (Fsp3) is 0.333. The van der Waals surface area contributed by atoms with Crippen molar-refractivity contribution in [1.29, 1.82) is 0 Å². The smallest absolute Gasteiger partial charge is 0.242 e. The number of nitrogens with one attached hydrogen (secondary N) is 3. The van der Waals surface area contributed by atoms with Crippen molar-refractivity contribution in [3.05, 3.63) is 60.1 Å². The summed E-state index contributed by atoms with van der Waals surface area (Å²) in [6, 6.07) is 13.6. The number of aliphatic imine (C=N–C) groups is 1. The molecule has 0 radical (unpaired) electrons. The lowest BCUT2D eigenvalue weighted by atomic mass is 10.2. The lowest BCUT2D eigenvalue weighted by Gasteiger charge is -2.10. The van der Waals surface area contributed by atoms with E-state index < -0.39 is 0 Å². The third kappa shape index (κ3) is 6.56. The van der Waals surface area contributed by atoms with Gasteiger partial charge in [-0.15, -0.1) is 0 Å². The lowest BCUT2D eigenvalue weighted by molar-refractivity contribution is -0.119. The summed E-state index contributed by atoms with van der Waals surface area (Å²) in [7, 11) is 0. The molecule has 0 fully saturated rings. The van der Waals surface area contributed by atoms with Gasteiger partial charge in [0, 0.05) is 26.1 Å². The molecule has 0 saturated carbocycles. The van der Waals surface area contributed by atoms with Gasteiger partial charge in [0.25, 0.3) is 0 Å². The van der Waals surface area contributed by atoms with Crippen molar-refractivity contribution in [3.8, 4) is 0 Å². The van der Waals surface area contributed by atoms with E-state index >= 15 is 0 Å². The molecule has 2 aromatic rings. The van der Waals surface area contributed by atoms with Crippen molar-refractivity contribution in [2.45, 2.75) is 19.9 Å². The van der Waals surface area contributed by atoms with Crippen molar-refractivity contribution >= 4 is 11.9 Å². The van der Waals surface area contributed by atoms with Crippen molar-refractivity contribution in [3.63, 3.8) is 0 Å².